The smallest absolute Gasteiger partial charge is 0.303 e. The number of rotatable bonds is 9. The van der Waals surface area contributed by atoms with E-state index >= 15 is 0 Å². The molecule has 0 heterocycles. The molecule has 1 unspecified atom stereocenters. The first kappa shape index (κ1) is 28.2. The Balaban J connectivity index is 0.00000118. The van der Waals surface area contributed by atoms with Crippen LogP contribution in [0.15, 0.2) is 60.7 Å². The summed E-state index contributed by atoms with van der Waals surface area (Å²) in [6, 6.07) is 18.3. The second-order valence-corrected chi connectivity index (χ2v) is 10.7. The highest BCUT2D eigenvalue weighted by Gasteiger charge is 2.25. The summed E-state index contributed by atoms with van der Waals surface area (Å²) in [6.45, 7) is 9.04. The van der Waals surface area contributed by atoms with Crippen LogP contribution < -0.4 is 9.47 Å². The maximum atomic E-state index is 14.8. The molecule has 0 saturated heterocycles. The number of aliphatic carboxylic acids is 1. The summed E-state index contributed by atoms with van der Waals surface area (Å²) in [5.41, 5.74) is 4.29. The molecular weight excluding hydrogens is 467 g/mol. The maximum absolute atomic E-state index is 14.8. The topological polar surface area (TPSA) is 55.8 Å². The number of carboxylic acids is 1. The van der Waals surface area contributed by atoms with E-state index < -0.39 is 5.97 Å². The van der Waals surface area contributed by atoms with Gasteiger partial charge in [-0.15, -0.1) is 0 Å². The second-order valence-electron chi connectivity index (χ2n) is 10.7. The van der Waals surface area contributed by atoms with Crippen molar-refractivity contribution in [2.45, 2.75) is 72.3 Å². The number of carboxylic acid groups (broad SMARTS) is 1. The molecule has 198 valence electrons. The van der Waals surface area contributed by atoms with E-state index in [0.717, 1.165) is 22.3 Å². The fraction of sp³-hybridized carbons (Fsp3) is 0.406. The minimum atomic E-state index is -0.820. The van der Waals surface area contributed by atoms with E-state index in [4.69, 9.17) is 14.6 Å². The highest BCUT2D eigenvalue weighted by Crippen LogP contribution is 2.41. The maximum Gasteiger partial charge on any atom is 0.303 e. The van der Waals surface area contributed by atoms with Crippen molar-refractivity contribution in [1.29, 1.82) is 0 Å². The quantitative estimate of drug-likeness (QED) is 0.316. The molecule has 0 aliphatic heterocycles. The molecule has 0 bridgehead atoms. The van der Waals surface area contributed by atoms with Gasteiger partial charge in [0.15, 0.2) is 0 Å². The van der Waals surface area contributed by atoms with Crippen LogP contribution in [0.3, 0.4) is 0 Å². The number of hydrogen-bond acceptors (Lipinski definition) is 3. The molecule has 4 nitrogen and oxygen atoms in total. The van der Waals surface area contributed by atoms with Crippen LogP contribution >= 0.6 is 0 Å². The third kappa shape index (κ3) is 8.63. The molecule has 0 aromatic heterocycles. The van der Waals surface area contributed by atoms with Crippen molar-refractivity contribution in [2.75, 3.05) is 7.11 Å². The second kappa shape index (κ2) is 12.8. The van der Waals surface area contributed by atoms with Crippen molar-refractivity contribution < 1.29 is 23.8 Å². The standard InChI is InChI=1S/C29H33FO4.C3H6/c1-19(29(2,3)4)25-16-21(9-12-24(25)26-17-22(33-5)11-13-27(26)30)18-34-23-8-6-7-20(15-23)10-14-28(31)32;1-2-3-1/h6-9,11-13,15-17,19H,10,14,18H2,1-5H3,(H,31,32);1-3H2. The fourth-order valence-corrected chi connectivity index (χ4v) is 3.82. The molecule has 3 aromatic carbocycles. The first-order valence-corrected chi connectivity index (χ1v) is 13.0. The number of carbonyl (C=O) groups is 1. The number of hydrogen-bond donors (Lipinski definition) is 1. The summed E-state index contributed by atoms with van der Waals surface area (Å²) in [4.78, 5) is 10.9. The first-order valence-electron chi connectivity index (χ1n) is 13.0. The van der Waals surface area contributed by atoms with E-state index in [1.807, 2.05) is 36.4 Å². The van der Waals surface area contributed by atoms with E-state index in [-0.39, 0.29) is 23.6 Å². The van der Waals surface area contributed by atoms with Crippen molar-refractivity contribution in [3.8, 4) is 22.6 Å². The normalized spacial score (nSPS) is 13.2. The van der Waals surface area contributed by atoms with Gasteiger partial charge in [-0.2, -0.15) is 0 Å². The average molecular weight is 507 g/mol. The Bertz CT molecular complexity index is 1190. The van der Waals surface area contributed by atoms with E-state index in [0.29, 0.717) is 30.1 Å². The molecular formula is C32H39FO4. The zero-order chi connectivity index (χ0) is 27.0. The van der Waals surface area contributed by atoms with Gasteiger partial charge in [0.1, 0.15) is 23.9 Å². The lowest BCUT2D eigenvalue weighted by atomic mass is 9.75. The van der Waals surface area contributed by atoms with Gasteiger partial charge in [-0.05, 0) is 70.3 Å². The molecule has 1 aliphatic carbocycles. The van der Waals surface area contributed by atoms with Crippen molar-refractivity contribution >= 4 is 5.97 Å². The van der Waals surface area contributed by atoms with E-state index in [2.05, 4.69) is 33.8 Å². The van der Waals surface area contributed by atoms with Crippen molar-refractivity contribution in [3.05, 3.63) is 83.2 Å². The van der Waals surface area contributed by atoms with E-state index in [1.54, 1.807) is 19.2 Å². The summed E-state index contributed by atoms with van der Waals surface area (Å²) >= 11 is 0. The third-order valence-corrected chi connectivity index (χ3v) is 6.63. The minimum Gasteiger partial charge on any atom is -0.497 e. The van der Waals surface area contributed by atoms with Crippen LogP contribution in [0.2, 0.25) is 0 Å². The SMILES string of the molecule is C1CC1.COc1ccc(F)c(-c2ccc(COc3cccc(CCC(=O)O)c3)cc2C(C)C(C)(C)C)c1. The lowest BCUT2D eigenvalue weighted by Crippen LogP contribution is -2.16. The highest BCUT2D eigenvalue weighted by atomic mass is 19.1. The van der Waals surface area contributed by atoms with Gasteiger partial charge in [0.25, 0.3) is 0 Å². The van der Waals surface area contributed by atoms with Gasteiger partial charge in [0.05, 0.1) is 7.11 Å². The molecule has 4 rings (SSSR count). The Labute approximate surface area is 220 Å². The first-order chi connectivity index (χ1) is 17.6. The predicted octanol–water partition coefficient (Wildman–Crippen LogP) is 8.42. The van der Waals surface area contributed by atoms with Gasteiger partial charge >= 0.3 is 5.97 Å². The van der Waals surface area contributed by atoms with Crippen LogP contribution in [0.1, 0.15) is 76.0 Å². The summed E-state index contributed by atoms with van der Waals surface area (Å²) in [5, 5.41) is 8.91. The van der Waals surface area contributed by atoms with E-state index in [1.165, 1.54) is 25.3 Å². The Morgan fingerprint density at radius 1 is 0.946 bits per heavy atom. The summed E-state index contributed by atoms with van der Waals surface area (Å²) in [5.74, 6) is 0.356. The number of aryl methyl sites for hydroxylation is 1. The Morgan fingerprint density at radius 3 is 2.30 bits per heavy atom. The number of halogens is 1. The molecule has 0 amide bonds. The van der Waals surface area contributed by atoms with Crippen LogP contribution in [-0.4, -0.2) is 18.2 Å². The van der Waals surface area contributed by atoms with Crippen molar-refractivity contribution in [1.82, 2.24) is 0 Å². The van der Waals surface area contributed by atoms with Gasteiger partial charge in [-0.25, -0.2) is 4.39 Å². The molecule has 1 aliphatic rings. The van der Waals surface area contributed by atoms with Crippen LogP contribution in [0.4, 0.5) is 4.39 Å². The van der Waals surface area contributed by atoms with Gasteiger partial charge in [0.2, 0.25) is 0 Å². The lowest BCUT2D eigenvalue weighted by molar-refractivity contribution is -0.136. The monoisotopic (exact) mass is 506 g/mol. The Kier molecular flexibility index (Phi) is 9.73. The van der Waals surface area contributed by atoms with Crippen LogP contribution in [0.25, 0.3) is 11.1 Å². The van der Waals surface area contributed by atoms with Gasteiger partial charge < -0.3 is 14.6 Å². The van der Waals surface area contributed by atoms with Crippen LogP contribution in [-0.2, 0) is 17.8 Å². The molecule has 3 aromatic rings. The molecule has 0 spiro atoms. The molecule has 1 atom stereocenters. The molecule has 37 heavy (non-hydrogen) atoms. The highest BCUT2D eigenvalue weighted by molar-refractivity contribution is 5.71. The lowest BCUT2D eigenvalue weighted by Gasteiger charge is -2.30. The molecule has 1 N–H and O–H groups in total. The van der Waals surface area contributed by atoms with Crippen LogP contribution in [0.5, 0.6) is 11.5 Å². The fourth-order valence-electron chi connectivity index (χ4n) is 3.82. The Morgan fingerprint density at radius 2 is 1.68 bits per heavy atom. The minimum absolute atomic E-state index is 0.0257. The van der Waals surface area contributed by atoms with Gasteiger partial charge in [-0.1, -0.05) is 77.3 Å². The van der Waals surface area contributed by atoms with Gasteiger partial charge in [0, 0.05) is 12.0 Å². The summed E-state index contributed by atoms with van der Waals surface area (Å²) in [6.07, 6.45) is 5.04. The molecule has 1 saturated carbocycles. The van der Waals surface area contributed by atoms with E-state index in [9.17, 15) is 9.18 Å². The summed E-state index contributed by atoms with van der Waals surface area (Å²) in [7, 11) is 1.58. The zero-order valence-electron chi connectivity index (χ0n) is 22.6. The number of methoxy groups -OCH3 is 1. The van der Waals surface area contributed by atoms with Crippen molar-refractivity contribution in [3.63, 3.8) is 0 Å². The number of benzene rings is 3. The predicted molar refractivity (Wildman–Crippen MR) is 147 cm³/mol. The van der Waals surface area contributed by atoms with Crippen LogP contribution in [0, 0.1) is 11.2 Å². The molecule has 1 fully saturated rings. The summed E-state index contributed by atoms with van der Waals surface area (Å²) < 4.78 is 26.2. The Hall–Kier alpha value is -3.34. The number of ether oxygens (including phenoxy) is 2. The molecule has 5 heteroatoms. The van der Waals surface area contributed by atoms with Gasteiger partial charge in [-0.3, -0.25) is 4.79 Å². The van der Waals surface area contributed by atoms with Crippen molar-refractivity contribution in [2.24, 2.45) is 5.41 Å². The third-order valence-electron chi connectivity index (χ3n) is 6.63. The molecule has 0 radical (unpaired) electrons. The largest absolute Gasteiger partial charge is 0.497 e. The average Bonchev–Trinajstić information content (AvgIpc) is 3.76. The zero-order valence-corrected chi connectivity index (χ0v) is 22.6.